The van der Waals surface area contributed by atoms with E-state index in [1.807, 2.05) is 0 Å². The van der Waals surface area contributed by atoms with Gasteiger partial charge in [0.2, 0.25) is 11.8 Å². The summed E-state index contributed by atoms with van der Waals surface area (Å²) >= 11 is 0. The van der Waals surface area contributed by atoms with Gasteiger partial charge in [-0.25, -0.2) is 4.79 Å². The molecular weight excluding hydrogens is 357 g/mol. The average molecular weight is 377 g/mol. The normalized spacial score (nSPS) is 17.4. The third-order valence-corrected chi connectivity index (χ3v) is 4.52. The molecule has 2 heterocycles. The first-order valence-electron chi connectivity index (χ1n) is 8.49. The Morgan fingerprint density at radius 3 is 2.70 bits per heavy atom. The first kappa shape index (κ1) is 19.0. The number of aromatic carboxylic acids is 1. The fraction of sp³-hybridized carbons (Fsp3) is 0.438. The molecule has 2 aliphatic heterocycles. The Balaban J connectivity index is 1.67. The number of nitrogens with two attached hydrogens (primary N) is 2. The molecule has 0 saturated carbocycles. The third kappa shape index (κ3) is 3.98. The Morgan fingerprint density at radius 2 is 2.07 bits per heavy atom. The fourth-order valence-corrected chi connectivity index (χ4v) is 3.12. The molecule has 1 saturated heterocycles. The Hall–Kier alpha value is -2.79. The predicted octanol–water partition coefficient (Wildman–Crippen LogP) is -1.41. The molecule has 6 N–H and O–H groups in total. The van der Waals surface area contributed by atoms with Crippen molar-refractivity contribution in [1.29, 1.82) is 0 Å². The number of rotatable bonds is 6. The number of carbonyl (C=O) groups is 3. The van der Waals surface area contributed by atoms with Crippen LogP contribution in [-0.4, -0.2) is 65.2 Å². The number of carboxylic acids is 1. The highest BCUT2D eigenvalue weighted by atomic mass is 16.5. The molecule has 2 aliphatic rings. The summed E-state index contributed by atoms with van der Waals surface area (Å²) in [5, 5.41) is 19.2. The number of carbonyl (C=O) groups excluding carboxylic acids is 2. The summed E-state index contributed by atoms with van der Waals surface area (Å²) in [5.74, 6) is -2.09. The lowest BCUT2D eigenvalue weighted by molar-refractivity contribution is -0.142. The van der Waals surface area contributed by atoms with Crippen LogP contribution in [0.3, 0.4) is 0 Å². The number of carboxylic acid groups (broad SMARTS) is 1. The second kappa shape index (κ2) is 7.45. The Morgan fingerprint density at radius 1 is 1.37 bits per heavy atom. The van der Waals surface area contributed by atoms with Crippen LogP contribution in [0.1, 0.15) is 22.3 Å². The summed E-state index contributed by atoms with van der Waals surface area (Å²) in [7, 11) is -1.06. The molecule has 1 aromatic rings. The number of nitrogens with zero attached hydrogens (tertiary/aromatic N) is 1. The van der Waals surface area contributed by atoms with Crippen molar-refractivity contribution < 1.29 is 33.9 Å². The maximum absolute atomic E-state index is 12.1. The Bertz CT molecular complexity index is 782. The van der Waals surface area contributed by atoms with Gasteiger partial charge in [0.05, 0.1) is 25.6 Å². The van der Waals surface area contributed by atoms with E-state index in [2.05, 4.69) is 0 Å². The van der Waals surface area contributed by atoms with Gasteiger partial charge in [0.1, 0.15) is 23.2 Å². The molecule has 2 amide bonds. The lowest BCUT2D eigenvalue weighted by Gasteiger charge is -2.40. The van der Waals surface area contributed by atoms with Crippen molar-refractivity contribution in [3.63, 3.8) is 0 Å². The third-order valence-electron chi connectivity index (χ3n) is 4.52. The summed E-state index contributed by atoms with van der Waals surface area (Å²) in [6.45, 7) is 0.426. The lowest BCUT2D eigenvalue weighted by Crippen LogP contribution is -2.60. The zero-order chi connectivity index (χ0) is 19.7. The zero-order valence-electron chi connectivity index (χ0n) is 14.5. The van der Waals surface area contributed by atoms with Crippen molar-refractivity contribution in [2.45, 2.75) is 31.3 Å². The standard InChI is InChI=1S/C16H20BN3O7/c18-10(5-12(19)21)15(22)20-6-9(7-20)26-11-2-1-8-3-4-17(25)27-14(8)13(11)16(23)24/h1-2,9-10,25H,3-7,18H2,(H2,19,21)(H,23,24)/t10-/m0/s1. The van der Waals surface area contributed by atoms with Gasteiger partial charge < -0.3 is 35.9 Å². The number of fused-ring (bicyclic) bond motifs is 1. The largest absolute Gasteiger partial charge is 0.535 e. The summed E-state index contributed by atoms with van der Waals surface area (Å²) in [6.07, 6.45) is 0.228. The highest BCUT2D eigenvalue weighted by molar-refractivity contribution is 6.44. The van der Waals surface area contributed by atoms with Crippen molar-refractivity contribution in [3.8, 4) is 11.5 Å². The topological polar surface area (TPSA) is 165 Å². The maximum Gasteiger partial charge on any atom is 0.522 e. The minimum atomic E-state index is -1.23. The zero-order valence-corrected chi connectivity index (χ0v) is 14.5. The van der Waals surface area contributed by atoms with E-state index >= 15 is 0 Å². The van der Waals surface area contributed by atoms with Crippen LogP contribution in [0, 0.1) is 0 Å². The van der Waals surface area contributed by atoms with Crippen molar-refractivity contribution in [3.05, 3.63) is 23.3 Å². The van der Waals surface area contributed by atoms with Gasteiger partial charge in [0.25, 0.3) is 0 Å². The first-order chi connectivity index (χ1) is 12.8. The highest BCUT2D eigenvalue weighted by Gasteiger charge is 2.37. The lowest BCUT2D eigenvalue weighted by atomic mass is 9.78. The summed E-state index contributed by atoms with van der Waals surface area (Å²) in [4.78, 5) is 36.0. The van der Waals surface area contributed by atoms with Gasteiger partial charge in [-0.15, -0.1) is 0 Å². The van der Waals surface area contributed by atoms with Gasteiger partial charge in [0, 0.05) is 0 Å². The van der Waals surface area contributed by atoms with E-state index in [0.29, 0.717) is 18.3 Å². The van der Waals surface area contributed by atoms with Crippen LogP contribution in [0.15, 0.2) is 12.1 Å². The second-order valence-electron chi connectivity index (χ2n) is 6.60. The van der Waals surface area contributed by atoms with E-state index in [1.165, 1.54) is 4.90 Å². The quantitative estimate of drug-likeness (QED) is 0.439. The molecule has 0 bridgehead atoms. The number of aryl methyl sites for hydroxylation is 1. The Labute approximate surface area is 155 Å². The molecule has 1 aromatic carbocycles. The molecule has 1 atom stereocenters. The number of hydrogen-bond acceptors (Lipinski definition) is 7. The molecular formula is C16H20BN3O7. The number of benzene rings is 1. The number of primary amides is 1. The van der Waals surface area contributed by atoms with E-state index in [-0.39, 0.29) is 36.6 Å². The molecule has 0 spiro atoms. The van der Waals surface area contributed by atoms with Crippen LogP contribution in [0.5, 0.6) is 11.5 Å². The van der Waals surface area contributed by atoms with Gasteiger partial charge in [0.15, 0.2) is 0 Å². The molecule has 3 rings (SSSR count). The molecule has 0 aromatic heterocycles. The van der Waals surface area contributed by atoms with Crippen LogP contribution in [0.4, 0.5) is 0 Å². The number of ether oxygens (including phenoxy) is 1. The smallest absolute Gasteiger partial charge is 0.522 e. The maximum atomic E-state index is 12.1. The van der Waals surface area contributed by atoms with Crippen molar-refractivity contribution in [1.82, 2.24) is 4.90 Å². The van der Waals surface area contributed by atoms with Crippen LogP contribution >= 0.6 is 0 Å². The molecule has 27 heavy (non-hydrogen) atoms. The second-order valence-corrected chi connectivity index (χ2v) is 6.60. The van der Waals surface area contributed by atoms with E-state index < -0.39 is 37.0 Å². The van der Waals surface area contributed by atoms with E-state index in [4.69, 9.17) is 20.9 Å². The summed E-state index contributed by atoms with van der Waals surface area (Å²) in [5.41, 5.74) is 11.2. The highest BCUT2D eigenvalue weighted by Crippen LogP contribution is 2.37. The molecule has 11 heteroatoms. The van der Waals surface area contributed by atoms with Crippen LogP contribution in [0.2, 0.25) is 6.32 Å². The van der Waals surface area contributed by atoms with Gasteiger partial charge in [-0.1, -0.05) is 6.07 Å². The molecule has 0 radical (unpaired) electrons. The van der Waals surface area contributed by atoms with Gasteiger partial charge in [-0.3, -0.25) is 9.59 Å². The molecule has 10 nitrogen and oxygen atoms in total. The summed E-state index contributed by atoms with van der Waals surface area (Å²) in [6, 6.07) is 2.25. The van der Waals surface area contributed by atoms with Crippen LogP contribution in [0.25, 0.3) is 0 Å². The van der Waals surface area contributed by atoms with E-state index in [1.54, 1.807) is 12.1 Å². The monoisotopic (exact) mass is 377 g/mol. The number of hydrogen-bond donors (Lipinski definition) is 4. The average Bonchev–Trinajstić information content (AvgIpc) is 2.55. The Kier molecular flexibility index (Phi) is 5.24. The fourth-order valence-electron chi connectivity index (χ4n) is 3.12. The molecule has 0 aliphatic carbocycles. The molecule has 1 fully saturated rings. The van der Waals surface area contributed by atoms with E-state index in [9.17, 15) is 24.5 Å². The number of amides is 2. The predicted molar refractivity (Wildman–Crippen MR) is 93.3 cm³/mol. The minimum Gasteiger partial charge on any atom is -0.535 e. The van der Waals surface area contributed by atoms with Crippen molar-refractivity contribution in [2.24, 2.45) is 11.5 Å². The van der Waals surface area contributed by atoms with Crippen molar-refractivity contribution in [2.75, 3.05) is 13.1 Å². The van der Waals surface area contributed by atoms with Gasteiger partial charge >= 0.3 is 13.1 Å². The van der Waals surface area contributed by atoms with Crippen LogP contribution in [-0.2, 0) is 16.0 Å². The minimum absolute atomic E-state index is 0.105. The summed E-state index contributed by atoms with van der Waals surface area (Å²) < 4.78 is 11.0. The molecule has 0 unspecified atom stereocenters. The number of likely N-dealkylation sites (tertiary alicyclic amines) is 1. The first-order valence-corrected chi connectivity index (χ1v) is 8.49. The SMILES string of the molecule is NC(=O)C[C@H](N)C(=O)N1CC(Oc2ccc3c(c2C(=O)O)OB(O)CC3)C1. The van der Waals surface area contributed by atoms with Gasteiger partial charge in [-0.05, 0) is 24.4 Å². The van der Waals surface area contributed by atoms with Crippen molar-refractivity contribution >= 4 is 24.9 Å². The van der Waals surface area contributed by atoms with E-state index in [0.717, 1.165) is 0 Å². The van der Waals surface area contributed by atoms with Crippen LogP contribution < -0.4 is 20.9 Å². The van der Waals surface area contributed by atoms with Gasteiger partial charge in [-0.2, -0.15) is 0 Å². The molecule has 144 valence electrons.